The van der Waals surface area contributed by atoms with E-state index in [1.165, 1.54) is 57.8 Å². The van der Waals surface area contributed by atoms with E-state index < -0.39 is 124 Å². The molecule has 54 heavy (non-hydrogen) atoms. The number of nitrogens with two attached hydrogens (primary N) is 1. The summed E-state index contributed by atoms with van der Waals surface area (Å²) in [4.78, 5) is 0. The minimum atomic E-state index is -1.94. The van der Waals surface area contributed by atoms with Gasteiger partial charge in [-0.3, -0.25) is 0 Å². The Bertz CT molecular complexity index is 1030. The Morgan fingerprint density at radius 1 is 0.556 bits per heavy atom. The van der Waals surface area contributed by atoms with Crippen LogP contribution in [0.3, 0.4) is 0 Å². The average molecular weight is 786 g/mol. The van der Waals surface area contributed by atoms with Gasteiger partial charge in [-0.15, -0.1) is 0 Å². The fourth-order valence-corrected chi connectivity index (χ4v) is 6.79. The largest absolute Gasteiger partial charge is 0.394 e. The quantitative estimate of drug-likeness (QED) is 0.0353. The number of hydrogen-bond acceptors (Lipinski definition) is 18. The molecule has 0 aromatic rings. The van der Waals surface area contributed by atoms with E-state index in [0.717, 1.165) is 19.3 Å². The lowest BCUT2D eigenvalue weighted by Gasteiger charge is -2.48. The monoisotopic (exact) mass is 785 g/mol. The molecule has 0 radical (unpaired) electrons. The maximum atomic E-state index is 10.9. The molecule has 0 aliphatic carbocycles. The summed E-state index contributed by atoms with van der Waals surface area (Å²) in [6, 6.07) is -0.908. The molecule has 0 unspecified atom stereocenters. The standard InChI is InChI=1S/C36H67NO17/c1-2-3-4-5-6-7-8-9-10-11-12-13-14-15-21(41)20(37)19-49-34-30(47)27(44)32(23(17-39)51-34)54-36-31(48)28(45)33(24(18-40)52-36)53-35-29(46)26(43)25(42)22(16-38)50-35/h14-15,20-36,38-48H,2-13,16-19,37H2,1H3/b15-14+/t20-,21+,22-,23+,24-,25-,26+,27+,28-,29+,30+,31+,32+,33-,34+,35+,36+/m1/s1. The van der Waals surface area contributed by atoms with Gasteiger partial charge in [-0.25, -0.2) is 0 Å². The van der Waals surface area contributed by atoms with Gasteiger partial charge in [0.1, 0.15) is 73.2 Å². The molecule has 3 fully saturated rings. The first-order valence-corrected chi connectivity index (χ1v) is 19.5. The van der Waals surface area contributed by atoms with Crippen molar-refractivity contribution in [2.75, 3.05) is 26.4 Å². The highest BCUT2D eigenvalue weighted by Gasteiger charge is 2.53. The van der Waals surface area contributed by atoms with Gasteiger partial charge in [0.15, 0.2) is 18.9 Å². The molecule has 3 rings (SSSR count). The maximum absolute atomic E-state index is 10.9. The molecule has 18 nitrogen and oxygen atoms in total. The Kier molecular flexibility index (Phi) is 21.7. The fraction of sp³-hybridized carbons (Fsp3) is 0.944. The van der Waals surface area contributed by atoms with Crippen LogP contribution in [0.2, 0.25) is 0 Å². The van der Waals surface area contributed by atoms with E-state index in [2.05, 4.69) is 6.92 Å². The predicted molar refractivity (Wildman–Crippen MR) is 189 cm³/mol. The van der Waals surface area contributed by atoms with Crippen LogP contribution in [0.5, 0.6) is 0 Å². The summed E-state index contributed by atoms with van der Waals surface area (Å²) in [5.41, 5.74) is 6.08. The van der Waals surface area contributed by atoms with Crippen molar-refractivity contribution in [1.29, 1.82) is 0 Å². The summed E-state index contributed by atoms with van der Waals surface area (Å²) in [5.74, 6) is 0. The highest BCUT2D eigenvalue weighted by molar-refractivity contribution is 4.97. The van der Waals surface area contributed by atoms with Gasteiger partial charge in [-0.05, 0) is 12.8 Å². The molecule has 0 spiro atoms. The Morgan fingerprint density at radius 2 is 0.981 bits per heavy atom. The van der Waals surface area contributed by atoms with E-state index in [1.807, 2.05) is 6.08 Å². The second-order valence-corrected chi connectivity index (χ2v) is 14.6. The second kappa shape index (κ2) is 24.7. The van der Waals surface area contributed by atoms with Crippen LogP contribution in [0.4, 0.5) is 0 Å². The lowest BCUT2D eigenvalue weighted by Crippen LogP contribution is -2.66. The van der Waals surface area contributed by atoms with Gasteiger partial charge in [0, 0.05) is 0 Å². The number of aliphatic hydroxyl groups excluding tert-OH is 11. The Balaban J connectivity index is 1.44. The summed E-state index contributed by atoms with van der Waals surface area (Å²) in [7, 11) is 0. The zero-order valence-electron chi connectivity index (χ0n) is 31.2. The van der Waals surface area contributed by atoms with Crippen LogP contribution < -0.4 is 5.73 Å². The minimum absolute atomic E-state index is 0.285. The molecule has 0 bridgehead atoms. The summed E-state index contributed by atoms with van der Waals surface area (Å²) < 4.78 is 33.3. The van der Waals surface area contributed by atoms with Crippen molar-refractivity contribution in [1.82, 2.24) is 0 Å². The molecule has 17 atom stereocenters. The molecule has 3 aliphatic rings. The number of rotatable bonds is 24. The second-order valence-electron chi connectivity index (χ2n) is 14.6. The van der Waals surface area contributed by atoms with Gasteiger partial charge < -0.3 is 90.3 Å². The van der Waals surface area contributed by atoms with Crippen molar-refractivity contribution in [3.8, 4) is 0 Å². The topological polar surface area (TPSA) is 304 Å². The lowest BCUT2D eigenvalue weighted by molar-refractivity contribution is -0.379. The van der Waals surface area contributed by atoms with Crippen molar-refractivity contribution >= 4 is 0 Å². The van der Waals surface area contributed by atoms with Crippen LogP contribution in [0, 0.1) is 0 Å². The summed E-state index contributed by atoms with van der Waals surface area (Å²) in [5, 5.41) is 114. The molecule has 18 heteroatoms. The zero-order valence-corrected chi connectivity index (χ0v) is 31.2. The zero-order chi connectivity index (χ0) is 39.8. The Labute approximate surface area is 317 Å². The summed E-state index contributed by atoms with van der Waals surface area (Å²) in [6.07, 6.45) is -8.26. The number of aliphatic hydroxyl groups is 11. The first-order valence-electron chi connectivity index (χ1n) is 19.5. The van der Waals surface area contributed by atoms with Gasteiger partial charge in [-0.1, -0.05) is 83.3 Å². The SMILES string of the molecule is CCCCCCCCCCCCC/C=C/[C@H](O)[C@H](N)CO[C@H]1O[C@@H](CO)[C@H](O[C@@H]2O[C@H](CO)[C@@H](O[C@@H]3O[C@H](CO)[C@@H](O)[C@H](O)[C@@H]3O)[C@H](O)[C@@H]2O)[C@@H](O)[C@@H]1O. The third kappa shape index (κ3) is 13.6. The van der Waals surface area contributed by atoms with E-state index in [9.17, 15) is 56.2 Å². The molecule has 0 saturated carbocycles. The maximum Gasteiger partial charge on any atom is 0.187 e. The lowest BCUT2D eigenvalue weighted by atomic mass is 9.96. The van der Waals surface area contributed by atoms with Crippen LogP contribution in [-0.2, 0) is 28.4 Å². The molecule has 13 N–H and O–H groups in total. The molecule has 3 heterocycles. The van der Waals surface area contributed by atoms with Gasteiger partial charge in [-0.2, -0.15) is 0 Å². The molecule has 318 valence electrons. The van der Waals surface area contributed by atoms with Crippen LogP contribution in [0.15, 0.2) is 12.2 Å². The van der Waals surface area contributed by atoms with E-state index in [1.54, 1.807) is 6.08 Å². The Hall–Kier alpha value is -0.980. The van der Waals surface area contributed by atoms with Crippen LogP contribution in [-0.4, -0.2) is 187 Å². The Morgan fingerprint density at radius 3 is 1.48 bits per heavy atom. The number of ether oxygens (including phenoxy) is 6. The molecule has 3 aliphatic heterocycles. The van der Waals surface area contributed by atoms with Gasteiger partial charge >= 0.3 is 0 Å². The first-order chi connectivity index (χ1) is 25.9. The third-order valence-corrected chi connectivity index (χ3v) is 10.3. The molecular formula is C36H67NO17. The van der Waals surface area contributed by atoms with Crippen molar-refractivity contribution < 1.29 is 84.6 Å². The normalized spacial score (nSPS) is 38.9. The highest BCUT2D eigenvalue weighted by atomic mass is 16.8. The van der Waals surface area contributed by atoms with Gasteiger partial charge in [0.2, 0.25) is 0 Å². The number of allylic oxidation sites excluding steroid dienone is 1. The summed E-state index contributed by atoms with van der Waals surface area (Å²) >= 11 is 0. The van der Waals surface area contributed by atoms with E-state index >= 15 is 0 Å². The smallest absolute Gasteiger partial charge is 0.187 e. The fourth-order valence-electron chi connectivity index (χ4n) is 6.79. The van der Waals surface area contributed by atoms with Crippen molar-refractivity contribution in [2.24, 2.45) is 5.73 Å². The number of unbranched alkanes of at least 4 members (excludes halogenated alkanes) is 11. The van der Waals surface area contributed by atoms with E-state index in [4.69, 9.17) is 34.2 Å². The molecule has 3 saturated heterocycles. The van der Waals surface area contributed by atoms with Crippen LogP contribution in [0.25, 0.3) is 0 Å². The highest BCUT2D eigenvalue weighted by Crippen LogP contribution is 2.32. The molecule has 0 aromatic heterocycles. The number of hydrogen-bond donors (Lipinski definition) is 12. The van der Waals surface area contributed by atoms with Crippen molar-refractivity contribution in [3.63, 3.8) is 0 Å². The molecule has 0 aromatic carbocycles. The third-order valence-electron chi connectivity index (χ3n) is 10.3. The van der Waals surface area contributed by atoms with Crippen molar-refractivity contribution in [3.05, 3.63) is 12.2 Å². The van der Waals surface area contributed by atoms with E-state index in [0.29, 0.717) is 0 Å². The molecular weight excluding hydrogens is 718 g/mol. The first kappa shape index (κ1) is 47.4. The van der Waals surface area contributed by atoms with Crippen LogP contribution in [0.1, 0.15) is 84.0 Å². The van der Waals surface area contributed by atoms with Gasteiger partial charge in [0.05, 0.1) is 38.6 Å². The van der Waals surface area contributed by atoms with Crippen LogP contribution >= 0.6 is 0 Å². The predicted octanol–water partition coefficient (Wildman–Crippen LogP) is -2.60. The van der Waals surface area contributed by atoms with Gasteiger partial charge in [0.25, 0.3) is 0 Å². The van der Waals surface area contributed by atoms with Crippen molar-refractivity contribution in [2.45, 2.75) is 188 Å². The van der Waals surface area contributed by atoms with E-state index in [-0.39, 0.29) is 6.61 Å². The summed E-state index contributed by atoms with van der Waals surface area (Å²) in [6.45, 7) is -0.413. The minimum Gasteiger partial charge on any atom is -0.394 e. The average Bonchev–Trinajstić information content (AvgIpc) is 3.17. The molecule has 0 amide bonds.